The van der Waals surface area contributed by atoms with Crippen molar-refractivity contribution in [3.05, 3.63) is 0 Å². The van der Waals surface area contributed by atoms with Crippen LogP contribution in [0.15, 0.2) is 0 Å². The van der Waals surface area contributed by atoms with Gasteiger partial charge in [-0.3, -0.25) is 0 Å². The van der Waals surface area contributed by atoms with E-state index in [9.17, 15) is 0 Å². The Morgan fingerprint density at radius 2 is 0.444 bits per heavy atom. The summed E-state index contributed by atoms with van der Waals surface area (Å²) in [7, 11) is 0. The van der Waals surface area contributed by atoms with E-state index in [4.69, 9.17) is 0 Å². The standard InChI is InChI=1S/K.Na.6H2O.Sn/h;;6*1H2;/q2*+1;;;;;;;+4/p-6. The second-order valence-corrected chi connectivity index (χ2v) is 0. The minimum Gasteiger partial charge on any atom is -0.870 e. The quantitative estimate of drug-likeness (QED) is 0.398. The molecule has 0 aliphatic carbocycles. The van der Waals surface area contributed by atoms with Crippen molar-refractivity contribution in [2.75, 3.05) is 0 Å². The van der Waals surface area contributed by atoms with Gasteiger partial charge in [-0.25, -0.2) is 0 Å². The number of rotatable bonds is 0. The monoisotopic (exact) mass is 284 g/mol. The van der Waals surface area contributed by atoms with Crippen LogP contribution in [0.25, 0.3) is 0 Å². The maximum absolute atomic E-state index is 0. The van der Waals surface area contributed by atoms with E-state index in [0.717, 1.165) is 0 Å². The molecule has 0 aliphatic rings. The number of hydrogen-bond donors (Lipinski definition) is 0. The minimum absolute atomic E-state index is 0. The first-order valence-corrected chi connectivity index (χ1v) is 0. The third-order valence-corrected chi connectivity index (χ3v) is 0. The predicted octanol–water partition coefficient (Wildman–Crippen LogP) is -7.43. The molecule has 0 unspecified atom stereocenters. The van der Waals surface area contributed by atoms with Crippen LogP contribution in [0.2, 0.25) is 0 Å². The Hall–Kier alpha value is 3.20. The van der Waals surface area contributed by atoms with Crippen LogP contribution < -0.4 is 80.9 Å². The largest absolute Gasteiger partial charge is 4.00 e. The molecule has 0 atom stereocenters. The molecule has 0 aromatic carbocycles. The Kier molecular flexibility index (Phi) is 1900. The topological polar surface area (TPSA) is 180 Å². The van der Waals surface area contributed by atoms with Gasteiger partial charge in [-0.05, 0) is 0 Å². The fraction of sp³-hybridized carbons (Fsp3) is 0. The van der Waals surface area contributed by atoms with Gasteiger partial charge in [0.15, 0.2) is 0 Å². The van der Waals surface area contributed by atoms with Crippen molar-refractivity contribution in [1.82, 2.24) is 0 Å². The third kappa shape index (κ3) is 92.7. The van der Waals surface area contributed by atoms with Crippen molar-refractivity contribution in [3.8, 4) is 0 Å². The first-order valence-electron chi connectivity index (χ1n) is 0. The van der Waals surface area contributed by atoms with E-state index in [0.29, 0.717) is 0 Å². The van der Waals surface area contributed by atoms with E-state index in [1.807, 2.05) is 0 Å². The molecule has 0 saturated carbocycles. The van der Waals surface area contributed by atoms with Crippen LogP contribution in [0.3, 0.4) is 0 Å². The van der Waals surface area contributed by atoms with Gasteiger partial charge in [0.1, 0.15) is 0 Å². The van der Waals surface area contributed by atoms with E-state index in [2.05, 4.69) is 0 Å². The summed E-state index contributed by atoms with van der Waals surface area (Å²) in [5.74, 6) is 0. The van der Waals surface area contributed by atoms with Gasteiger partial charge in [-0.2, -0.15) is 0 Å². The summed E-state index contributed by atoms with van der Waals surface area (Å²) >= 11 is 0. The minimum atomic E-state index is 0. The van der Waals surface area contributed by atoms with Crippen molar-refractivity contribution in [2.45, 2.75) is 0 Å². The van der Waals surface area contributed by atoms with Crippen LogP contribution in [0.4, 0.5) is 0 Å². The van der Waals surface area contributed by atoms with Gasteiger partial charge in [0.25, 0.3) is 0 Å². The Balaban J connectivity index is 0. The molecule has 48 valence electrons. The first-order chi connectivity index (χ1) is 0. The molecule has 0 saturated heterocycles. The van der Waals surface area contributed by atoms with Gasteiger partial charge in [0, 0.05) is 0 Å². The molecule has 0 amide bonds. The van der Waals surface area contributed by atoms with E-state index in [1.165, 1.54) is 0 Å². The van der Waals surface area contributed by atoms with E-state index < -0.39 is 0 Å². The molecule has 6 nitrogen and oxygen atoms in total. The average Bonchev–Trinajstić information content (AvgIpc) is 0. The summed E-state index contributed by atoms with van der Waals surface area (Å²) in [6, 6.07) is 0. The molecule has 0 aliphatic heterocycles. The van der Waals surface area contributed by atoms with Gasteiger partial charge < -0.3 is 32.9 Å². The van der Waals surface area contributed by atoms with Crippen molar-refractivity contribution >= 4 is 23.9 Å². The molecule has 0 bridgehead atoms. The zero-order valence-corrected chi connectivity index (χ0v) is 13.2. The Bertz CT molecular complexity index is 13.0. The van der Waals surface area contributed by atoms with Crippen molar-refractivity contribution in [2.24, 2.45) is 0 Å². The molecule has 9 heavy (non-hydrogen) atoms. The number of hydrogen-bond acceptors (Lipinski definition) is 6. The maximum atomic E-state index is 0. The summed E-state index contributed by atoms with van der Waals surface area (Å²) in [5, 5.41) is 0. The molecule has 9 heteroatoms. The summed E-state index contributed by atoms with van der Waals surface area (Å²) in [6.45, 7) is 0. The molecular weight excluding hydrogens is 277 g/mol. The molecule has 0 fully saturated rings. The summed E-state index contributed by atoms with van der Waals surface area (Å²) < 4.78 is 0. The molecule has 0 radical (unpaired) electrons. The summed E-state index contributed by atoms with van der Waals surface area (Å²) in [5.41, 5.74) is 0. The van der Waals surface area contributed by atoms with Gasteiger partial charge in [-0.15, -0.1) is 0 Å². The SMILES string of the molecule is [K+].[Na+].[OH-].[OH-].[OH-].[OH-].[OH-].[OH-].[Sn+4]. The Morgan fingerprint density at radius 1 is 0.444 bits per heavy atom. The van der Waals surface area contributed by atoms with Gasteiger partial charge in [0.05, 0.1) is 0 Å². The fourth-order valence-corrected chi connectivity index (χ4v) is 0. The van der Waals surface area contributed by atoms with Crippen LogP contribution >= 0.6 is 0 Å². The van der Waals surface area contributed by atoms with Gasteiger partial charge >= 0.3 is 105 Å². The summed E-state index contributed by atoms with van der Waals surface area (Å²) in [6.07, 6.45) is 0. The third-order valence-electron chi connectivity index (χ3n) is 0. The smallest absolute Gasteiger partial charge is 0.870 e. The molecule has 0 heterocycles. The van der Waals surface area contributed by atoms with E-state index >= 15 is 0 Å². The van der Waals surface area contributed by atoms with Gasteiger partial charge in [0.2, 0.25) is 0 Å². The molecule has 0 aromatic rings. The van der Waals surface area contributed by atoms with E-state index in [1.54, 1.807) is 0 Å². The second-order valence-electron chi connectivity index (χ2n) is 0. The molecule has 0 spiro atoms. The predicted molar refractivity (Wildman–Crippen MR) is 17.4 cm³/mol. The Labute approximate surface area is 135 Å². The van der Waals surface area contributed by atoms with Gasteiger partial charge in [-0.1, -0.05) is 0 Å². The normalized spacial score (nSPS) is 0. The zero-order valence-electron chi connectivity index (χ0n) is 5.18. The van der Waals surface area contributed by atoms with Crippen LogP contribution in [0, 0.1) is 0 Å². The second kappa shape index (κ2) is 114. The van der Waals surface area contributed by atoms with Crippen LogP contribution in [-0.2, 0) is 0 Å². The molecular formula is H6KNaO6Sn. The molecule has 0 aromatic heterocycles. The molecule has 6 N–H and O–H groups in total. The fourth-order valence-electron chi connectivity index (χ4n) is 0. The Morgan fingerprint density at radius 3 is 0.444 bits per heavy atom. The van der Waals surface area contributed by atoms with Crippen molar-refractivity contribution in [1.29, 1.82) is 0 Å². The van der Waals surface area contributed by atoms with Crippen molar-refractivity contribution < 1.29 is 114 Å². The molecule has 0 rings (SSSR count). The van der Waals surface area contributed by atoms with Crippen molar-refractivity contribution in [3.63, 3.8) is 0 Å². The first kappa shape index (κ1) is 150. The summed E-state index contributed by atoms with van der Waals surface area (Å²) in [4.78, 5) is 0. The van der Waals surface area contributed by atoms with Crippen LogP contribution in [-0.4, -0.2) is 56.8 Å². The van der Waals surface area contributed by atoms with E-state index in [-0.39, 0.29) is 138 Å². The van der Waals surface area contributed by atoms with Crippen LogP contribution in [0.5, 0.6) is 0 Å². The zero-order chi connectivity index (χ0) is 0. The average molecular weight is 283 g/mol. The van der Waals surface area contributed by atoms with Crippen LogP contribution in [0.1, 0.15) is 0 Å². The maximum Gasteiger partial charge on any atom is 4.00 e.